The molecule has 0 saturated heterocycles. The molecular formula is C11H11N3. The minimum Gasteiger partial charge on any atom is -0.268 e. The summed E-state index contributed by atoms with van der Waals surface area (Å²) in [6, 6.07) is 8.19. The van der Waals surface area contributed by atoms with Crippen LogP contribution in [0, 0.1) is 18.3 Å². The molecule has 0 N–H and O–H groups in total. The summed E-state index contributed by atoms with van der Waals surface area (Å²) in [5.41, 5.74) is 3.18. The van der Waals surface area contributed by atoms with Gasteiger partial charge in [-0.25, -0.2) is 0 Å². The second kappa shape index (κ2) is 3.15. The van der Waals surface area contributed by atoms with Gasteiger partial charge in [-0.1, -0.05) is 6.07 Å². The van der Waals surface area contributed by atoms with E-state index in [1.54, 1.807) is 0 Å². The van der Waals surface area contributed by atoms with E-state index in [4.69, 9.17) is 5.26 Å². The lowest BCUT2D eigenvalue weighted by molar-refractivity contribution is 0.783. The zero-order chi connectivity index (χ0) is 10.1. The van der Waals surface area contributed by atoms with Crippen LogP contribution in [0.3, 0.4) is 0 Å². The molecule has 0 unspecified atom stereocenters. The Morgan fingerprint density at radius 1 is 1.50 bits per heavy atom. The van der Waals surface area contributed by atoms with Crippen molar-refractivity contribution < 1.29 is 0 Å². The largest absolute Gasteiger partial charge is 0.268 e. The molecule has 0 spiro atoms. The van der Waals surface area contributed by atoms with Gasteiger partial charge in [0.15, 0.2) is 0 Å². The van der Waals surface area contributed by atoms with Gasteiger partial charge in [0.05, 0.1) is 23.7 Å². The van der Waals surface area contributed by atoms with E-state index in [1.807, 2.05) is 36.9 Å². The smallest absolute Gasteiger partial charge is 0.0682 e. The fourth-order valence-corrected chi connectivity index (χ4v) is 1.69. The summed E-state index contributed by atoms with van der Waals surface area (Å²) in [6.45, 7) is 1.98. The van der Waals surface area contributed by atoms with Crippen LogP contribution >= 0.6 is 0 Å². The van der Waals surface area contributed by atoms with Gasteiger partial charge in [0.2, 0.25) is 0 Å². The van der Waals surface area contributed by atoms with E-state index in [0.717, 1.165) is 22.2 Å². The highest BCUT2D eigenvalue weighted by Crippen LogP contribution is 2.18. The molecule has 0 aliphatic heterocycles. The number of benzene rings is 1. The van der Waals surface area contributed by atoms with E-state index >= 15 is 0 Å². The molecule has 3 heteroatoms. The Balaban J connectivity index is 2.66. The SMILES string of the molecule is Cc1nn(C)c2ccc(CC#N)cc12. The monoisotopic (exact) mass is 185 g/mol. The summed E-state index contributed by atoms with van der Waals surface area (Å²) in [6.07, 6.45) is 0.463. The standard InChI is InChI=1S/C11H11N3/c1-8-10-7-9(5-6-12)3-4-11(10)14(2)13-8/h3-4,7H,5H2,1-2H3. The molecule has 1 aromatic heterocycles. The van der Waals surface area contributed by atoms with Gasteiger partial charge < -0.3 is 0 Å². The molecule has 14 heavy (non-hydrogen) atoms. The number of hydrogen-bond acceptors (Lipinski definition) is 2. The molecule has 0 amide bonds. The molecule has 0 aliphatic carbocycles. The average Bonchev–Trinajstić information content (AvgIpc) is 2.43. The molecule has 70 valence electrons. The van der Waals surface area contributed by atoms with Crippen LogP contribution in [0.15, 0.2) is 18.2 Å². The highest BCUT2D eigenvalue weighted by molar-refractivity contribution is 5.82. The van der Waals surface area contributed by atoms with E-state index in [2.05, 4.69) is 11.2 Å². The van der Waals surface area contributed by atoms with Crippen LogP contribution < -0.4 is 0 Å². The van der Waals surface area contributed by atoms with E-state index in [-0.39, 0.29) is 0 Å². The van der Waals surface area contributed by atoms with E-state index in [0.29, 0.717) is 6.42 Å². The first kappa shape index (κ1) is 8.76. The molecule has 0 saturated carbocycles. The maximum Gasteiger partial charge on any atom is 0.0682 e. The Labute approximate surface area is 82.6 Å². The molecule has 1 aromatic carbocycles. The Hall–Kier alpha value is -1.82. The van der Waals surface area contributed by atoms with Crippen molar-refractivity contribution in [1.29, 1.82) is 5.26 Å². The molecule has 0 fully saturated rings. The highest BCUT2D eigenvalue weighted by atomic mass is 15.3. The quantitative estimate of drug-likeness (QED) is 0.681. The number of hydrogen-bond donors (Lipinski definition) is 0. The molecule has 2 aromatic rings. The Morgan fingerprint density at radius 2 is 2.29 bits per heavy atom. The molecule has 0 bridgehead atoms. The molecule has 1 heterocycles. The van der Waals surface area contributed by atoms with Crippen molar-refractivity contribution in [3.05, 3.63) is 29.5 Å². The van der Waals surface area contributed by atoms with Gasteiger partial charge in [-0.05, 0) is 24.6 Å². The van der Waals surface area contributed by atoms with Gasteiger partial charge in [-0.15, -0.1) is 0 Å². The molecule has 0 radical (unpaired) electrons. The number of aryl methyl sites for hydroxylation is 2. The average molecular weight is 185 g/mol. The van der Waals surface area contributed by atoms with E-state index in [9.17, 15) is 0 Å². The number of nitrogens with zero attached hydrogens (tertiary/aromatic N) is 3. The molecule has 0 aliphatic rings. The summed E-state index contributed by atoms with van der Waals surface area (Å²) >= 11 is 0. The van der Waals surface area contributed by atoms with Gasteiger partial charge in [0.25, 0.3) is 0 Å². The Bertz CT molecular complexity index is 517. The summed E-state index contributed by atoms with van der Waals surface area (Å²) in [5, 5.41) is 14.1. The predicted molar refractivity (Wildman–Crippen MR) is 54.8 cm³/mol. The van der Waals surface area contributed by atoms with E-state index < -0.39 is 0 Å². The third kappa shape index (κ3) is 1.25. The van der Waals surface area contributed by atoms with Gasteiger partial charge in [-0.3, -0.25) is 4.68 Å². The van der Waals surface area contributed by atoms with Gasteiger partial charge in [-0.2, -0.15) is 10.4 Å². The van der Waals surface area contributed by atoms with Crippen LogP contribution in [0.25, 0.3) is 10.9 Å². The van der Waals surface area contributed by atoms with Crippen molar-refractivity contribution in [2.45, 2.75) is 13.3 Å². The second-order valence-electron chi connectivity index (χ2n) is 3.40. The normalized spacial score (nSPS) is 10.4. The van der Waals surface area contributed by atoms with Crippen LogP contribution in [0.5, 0.6) is 0 Å². The van der Waals surface area contributed by atoms with Crippen molar-refractivity contribution in [2.24, 2.45) is 7.05 Å². The molecule has 3 nitrogen and oxygen atoms in total. The minimum absolute atomic E-state index is 0.463. The van der Waals surface area contributed by atoms with Crippen molar-refractivity contribution in [3.63, 3.8) is 0 Å². The summed E-state index contributed by atoms with van der Waals surface area (Å²) in [5.74, 6) is 0. The van der Waals surface area contributed by atoms with Crippen molar-refractivity contribution in [3.8, 4) is 6.07 Å². The van der Waals surface area contributed by atoms with Crippen LogP contribution in [-0.2, 0) is 13.5 Å². The molecule has 0 atom stereocenters. The van der Waals surface area contributed by atoms with Gasteiger partial charge in [0, 0.05) is 12.4 Å². The van der Waals surface area contributed by atoms with Crippen molar-refractivity contribution in [1.82, 2.24) is 9.78 Å². The lowest BCUT2D eigenvalue weighted by Gasteiger charge is -1.96. The fraction of sp³-hybridized carbons (Fsp3) is 0.273. The first-order valence-corrected chi connectivity index (χ1v) is 4.51. The molecular weight excluding hydrogens is 174 g/mol. The number of fused-ring (bicyclic) bond motifs is 1. The summed E-state index contributed by atoms with van der Waals surface area (Å²) in [7, 11) is 1.93. The zero-order valence-electron chi connectivity index (χ0n) is 8.28. The van der Waals surface area contributed by atoms with Crippen LogP contribution in [-0.4, -0.2) is 9.78 Å². The Morgan fingerprint density at radius 3 is 3.00 bits per heavy atom. The van der Waals surface area contributed by atoms with Crippen molar-refractivity contribution >= 4 is 10.9 Å². The number of aromatic nitrogens is 2. The van der Waals surface area contributed by atoms with Crippen LogP contribution in [0.4, 0.5) is 0 Å². The third-order valence-corrected chi connectivity index (χ3v) is 2.38. The highest BCUT2D eigenvalue weighted by Gasteiger charge is 2.04. The maximum atomic E-state index is 8.60. The van der Waals surface area contributed by atoms with Gasteiger partial charge >= 0.3 is 0 Å². The topological polar surface area (TPSA) is 41.6 Å². The van der Waals surface area contributed by atoms with Crippen LogP contribution in [0.1, 0.15) is 11.3 Å². The Kier molecular flexibility index (Phi) is 1.97. The first-order valence-electron chi connectivity index (χ1n) is 4.51. The first-order chi connectivity index (χ1) is 6.72. The van der Waals surface area contributed by atoms with Crippen molar-refractivity contribution in [2.75, 3.05) is 0 Å². The molecule has 2 rings (SSSR count). The van der Waals surface area contributed by atoms with E-state index in [1.165, 1.54) is 0 Å². The van der Waals surface area contributed by atoms with Gasteiger partial charge in [0.1, 0.15) is 0 Å². The minimum atomic E-state index is 0.463. The lowest BCUT2D eigenvalue weighted by atomic mass is 10.1. The maximum absolute atomic E-state index is 8.60. The predicted octanol–water partition coefficient (Wildman–Crippen LogP) is 1.95. The number of nitriles is 1. The zero-order valence-corrected chi connectivity index (χ0v) is 8.28. The number of rotatable bonds is 1. The second-order valence-corrected chi connectivity index (χ2v) is 3.40. The lowest BCUT2D eigenvalue weighted by Crippen LogP contribution is -1.89. The van der Waals surface area contributed by atoms with Crippen LogP contribution in [0.2, 0.25) is 0 Å². The summed E-state index contributed by atoms with van der Waals surface area (Å²) < 4.78 is 1.86. The third-order valence-electron chi connectivity index (χ3n) is 2.38. The summed E-state index contributed by atoms with van der Waals surface area (Å²) in [4.78, 5) is 0. The fourth-order valence-electron chi connectivity index (χ4n) is 1.69.